The lowest BCUT2D eigenvalue weighted by Gasteiger charge is -2.13. The van der Waals surface area contributed by atoms with Crippen molar-refractivity contribution in [3.8, 4) is 5.75 Å². The molecule has 0 unspecified atom stereocenters. The van der Waals surface area contributed by atoms with Gasteiger partial charge in [0.15, 0.2) is 11.2 Å². The van der Waals surface area contributed by atoms with Crippen LogP contribution in [0.4, 0.5) is 5.69 Å². The molecule has 4 aromatic rings. The summed E-state index contributed by atoms with van der Waals surface area (Å²) in [6.07, 6.45) is 2.83. The molecule has 7 heteroatoms. The van der Waals surface area contributed by atoms with E-state index in [-0.39, 0.29) is 11.4 Å². The van der Waals surface area contributed by atoms with Crippen molar-refractivity contribution < 1.29 is 9.53 Å². The van der Waals surface area contributed by atoms with Gasteiger partial charge in [-0.3, -0.25) is 4.79 Å². The van der Waals surface area contributed by atoms with Crippen molar-refractivity contribution in [1.82, 2.24) is 5.32 Å². The molecule has 1 aliphatic heterocycles. The first-order chi connectivity index (χ1) is 17.5. The Morgan fingerprint density at radius 2 is 1.86 bits per heavy atom. The van der Waals surface area contributed by atoms with Crippen LogP contribution in [-0.2, 0) is 17.8 Å². The topological polar surface area (TPSA) is 50.4 Å². The van der Waals surface area contributed by atoms with Crippen LogP contribution in [0.15, 0.2) is 88.2 Å². The van der Waals surface area contributed by atoms with Crippen LogP contribution >= 0.6 is 39.3 Å². The van der Waals surface area contributed by atoms with Crippen LogP contribution in [0, 0.1) is 0 Å². The van der Waals surface area contributed by atoms with Crippen molar-refractivity contribution >= 4 is 67.7 Å². The highest BCUT2D eigenvalue weighted by Crippen LogP contribution is 2.37. The third-order valence-electron chi connectivity index (χ3n) is 5.96. The average Bonchev–Trinajstić information content (AvgIpc) is 3.22. The van der Waals surface area contributed by atoms with Crippen LogP contribution in [0.2, 0.25) is 5.02 Å². The van der Waals surface area contributed by atoms with Crippen LogP contribution in [0.5, 0.6) is 5.75 Å². The van der Waals surface area contributed by atoms with E-state index in [0.717, 1.165) is 33.1 Å². The van der Waals surface area contributed by atoms with Crippen LogP contribution in [0.3, 0.4) is 0 Å². The molecular formula is C29H24BrClN2O2S. The highest BCUT2D eigenvalue weighted by atomic mass is 79.9. The molecule has 0 spiro atoms. The minimum absolute atomic E-state index is 0.119. The van der Waals surface area contributed by atoms with Crippen molar-refractivity contribution in [3.63, 3.8) is 0 Å². The summed E-state index contributed by atoms with van der Waals surface area (Å²) in [5, 5.41) is 9.12. The average molecular weight is 580 g/mol. The standard InChI is InChI=1S/C29H24BrClN2O2S/c1-2-18-10-12-22(13-11-18)32-29-33-28(34)26(36-29)16-19-14-24(30)27(25(31)15-19)35-17-21-8-5-7-20-6-3-4-9-23(20)21/h3-16,29,32H,2,17H2,1H3,(H,33,34)/b26-16-/t29-/m0/s1. The number of anilines is 1. The van der Waals surface area contributed by atoms with Gasteiger partial charge in [0.05, 0.1) is 14.4 Å². The third-order valence-corrected chi connectivity index (χ3v) is 7.86. The number of thioether (sulfide) groups is 1. The summed E-state index contributed by atoms with van der Waals surface area (Å²) in [4.78, 5) is 13.2. The third kappa shape index (κ3) is 5.56. The summed E-state index contributed by atoms with van der Waals surface area (Å²) in [7, 11) is 0. The molecule has 0 radical (unpaired) electrons. The first-order valence-electron chi connectivity index (χ1n) is 11.6. The molecule has 1 amide bonds. The van der Waals surface area contributed by atoms with E-state index in [1.54, 1.807) is 0 Å². The number of carbonyl (C=O) groups is 1. The summed E-state index contributed by atoms with van der Waals surface area (Å²) in [6, 6.07) is 26.4. The second-order valence-electron chi connectivity index (χ2n) is 8.42. The molecule has 1 saturated heterocycles. The summed E-state index contributed by atoms with van der Waals surface area (Å²) < 4.78 is 6.85. The van der Waals surface area contributed by atoms with Gasteiger partial charge in [0.1, 0.15) is 6.61 Å². The van der Waals surface area contributed by atoms with Gasteiger partial charge in [-0.05, 0) is 80.2 Å². The van der Waals surface area contributed by atoms with E-state index in [9.17, 15) is 4.79 Å². The van der Waals surface area contributed by atoms with Crippen LogP contribution in [0.1, 0.15) is 23.6 Å². The maximum Gasteiger partial charge on any atom is 0.260 e. The molecule has 1 heterocycles. The van der Waals surface area contributed by atoms with E-state index in [0.29, 0.717) is 22.3 Å². The zero-order chi connectivity index (χ0) is 25.1. The number of benzene rings is 4. The monoisotopic (exact) mass is 578 g/mol. The Kier molecular flexibility index (Phi) is 7.56. The Hall–Kier alpha value is -2.93. The fraction of sp³-hybridized carbons (Fsp3) is 0.138. The molecule has 0 aromatic heterocycles. The Morgan fingerprint density at radius 1 is 1.08 bits per heavy atom. The Bertz CT molecular complexity index is 1430. The minimum atomic E-state index is -0.238. The Balaban J connectivity index is 1.28. The van der Waals surface area contributed by atoms with Gasteiger partial charge in [-0.25, -0.2) is 0 Å². The van der Waals surface area contributed by atoms with E-state index >= 15 is 0 Å². The quantitative estimate of drug-likeness (QED) is 0.218. The molecule has 4 aromatic carbocycles. The predicted molar refractivity (Wildman–Crippen MR) is 154 cm³/mol. The number of rotatable bonds is 7. The van der Waals surface area contributed by atoms with Gasteiger partial charge in [0, 0.05) is 5.69 Å². The minimum Gasteiger partial charge on any atom is -0.486 e. The lowest BCUT2D eigenvalue weighted by molar-refractivity contribution is -0.116. The molecule has 0 bridgehead atoms. The van der Waals surface area contributed by atoms with Crippen LogP contribution < -0.4 is 15.4 Å². The number of hydrogen-bond donors (Lipinski definition) is 2. The van der Waals surface area contributed by atoms with Gasteiger partial charge in [-0.2, -0.15) is 0 Å². The lowest BCUT2D eigenvalue weighted by atomic mass is 10.1. The van der Waals surface area contributed by atoms with E-state index in [1.165, 1.54) is 22.7 Å². The Morgan fingerprint density at radius 3 is 2.64 bits per heavy atom. The number of fused-ring (bicyclic) bond motifs is 1. The molecule has 2 N–H and O–H groups in total. The smallest absolute Gasteiger partial charge is 0.260 e. The predicted octanol–water partition coefficient (Wildman–Crippen LogP) is 8.00. The SMILES string of the molecule is CCc1ccc(N[C@H]2NC(=O)/C(=C/c3cc(Cl)c(OCc4cccc5ccccc45)c(Br)c3)S2)cc1. The largest absolute Gasteiger partial charge is 0.486 e. The molecular weight excluding hydrogens is 556 g/mol. The maximum absolute atomic E-state index is 12.6. The summed E-state index contributed by atoms with van der Waals surface area (Å²) in [6.45, 7) is 2.52. The Labute approximate surface area is 228 Å². The van der Waals surface area contributed by atoms with Crippen molar-refractivity contribution in [1.29, 1.82) is 0 Å². The molecule has 182 valence electrons. The molecule has 5 rings (SSSR count). The number of aryl methyl sites for hydroxylation is 1. The number of ether oxygens (including phenoxy) is 1. The fourth-order valence-electron chi connectivity index (χ4n) is 4.07. The molecule has 36 heavy (non-hydrogen) atoms. The number of amides is 1. The molecule has 4 nitrogen and oxygen atoms in total. The second kappa shape index (κ2) is 11.0. The summed E-state index contributed by atoms with van der Waals surface area (Å²) in [5.41, 5.74) is 3.90. The first-order valence-corrected chi connectivity index (χ1v) is 13.7. The second-order valence-corrected chi connectivity index (χ2v) is 10.8. The fourth-order valence-corrected chi connectivity index (χ4v) is 6.05. The van der Waals surface area contributed by atoms with E-state index in [2.05, 4.69) is 69.9 Å². The van der Waals surface area contributed by atoms with E-state index in [1.807, 2.05) is 48.5 Å². The molecule has 0 saturated carbocycles. The van der Waals surface area contributed by atoms with Crippen LogP contribution in [0.25, 0.3) is 16.8 Å². The molecule has 1 fully saturated rings. The van der Waals surface area contributed by atoms with Crippen molar-refractivity contribution in [3.05, 3.63) is 110 Å². The van der Waals surface area contributed by atoms with Crippen molar-refractivity contribution in [2.75, 3.05) is 5.32 Å². The van der Waals surface area contributed by atoms with Gasteiger partial charge in [0.2, 0.25) is 0 Å². The number of halogens is 2. The van der Waals surface area contributed by atoms with Crippen molar-refractivity contribution in [2.45, 2.75) is 25.4 Å². The van der Waals surface area contributed by atoms with Gasteiger partial charge < -0.3 is 15.4 Å². The highest BCUT2D eigenvalue weighted by Gasteiger charge is 2.27. The molecule has 1 atom stereocenters. The molecule has 0 aliphatic carbocycles. The van der Waals surface area contributed by atoms with Crippen LogP contribution in [-0.4, -0.2) is 11.4 Å². The number of hydrogen-bond acceptors (Lipinski definition) is 4. The maximum atomic E-state index is 12.6. The first kappa shape index (κ1) is 24.8. The summed E-state index contributed by atoms with van der Waals surface area (Å²) >= 11 is 11.6. The zero-order valence-electron chi connectivity index (χ0n) is 19.6. The van der Waals surface area contributed by atoms with Gasteiger partial charge in [-0.1, -0.05) is 84.9 Å². The number of carbonyl (C=O) groups excluding carboxylic acids is 1. The zero-order valence-corrected chi connectivity index (χ0v) is 22.7. The van der Waals surface area contributed by atoms with Gasteiger partial charge in [0.25, 0.3) is 5.91 Å². The summed E-state index contributed by atoms with van der Waals surface area (Å²) in [5.74, 6) is 0.455. The molecule has 1 aliphatic rings. The number of nitrogens with one attached hydrogen (secondary N) is 2. The lowest BCUT2D eigenvalue weighted by Crippen LogP contribution is -2.30. The van der Waals surface area contributed by atoms with Gasteiger partial charge >= 0.3 is 0 Å². The van der Waals surface area contributed by atoms with Crippen molar-refractivity contribution in [2.24, 2.45) is 0 Å². The van der Waals surface area contributed by atoms with E-state index < -0.39 is 0 Å². The van der Waals surface area contributed by atoms with Gasteiger partial charge in [-0.15, -0.1) is 0 Å². The normalized spacial score (nSPS) is 16.4. The van der Waals surface area contributed by atoms with E-state index in [4.69, 9.17) is 16.3 Å². The highest BCUT2D eigenvalue weighted by molar-refractivity contribution is 9.10.